The number of rotatable bonds is 27. The van der Waals surface area contributed by atoms with E-state index < -0.39 is 0 Å². The number of aryl methyl sites for hydroxylation is 4. The predicted octanol–water partition coefficient (Wildman–Crippen LogP) is 15.0. The summed E-state index contributed by atoms with van der Waals surface area (Å²) >= 11 is 0. The van der Waals surface area contributed by atoms with Crippen molar-refractivity contribution >= 4 is 40.5 Å². The number of Topliss-reactive ketones (excluding diaryl/α,β-unsaturated/α-hetero) is 3. The standard InChI is InChI=1S/C18H25N3O.C17H24O.C15H33N.C14H18O.C6H12NO.C2H6.K/c1-13(2)14(3)11-15(4)17(7-9-19-5)21-10-8-16(20-6)12-18(21)22;1-6-8-15(9-7-2)17-12(3)10-16(14(5)18)11-13(17)4;1-6-10-15(11-7-2)13-16(12-8-3)14(5)9-4;1-4-12-6-5-10(2)13(9-12)14(7-8-14)11(3)15;1-3-5(2)6(8)4-7;1-2;/h7-13,20H,4H2,1-3,5-6H3;8,10-11H,6-7,9H2,1-5H3;14-15H,6-13H2,1-5H3;5-6,9H,4,7-8H2,1-3H3;5H,1,3-4,7H2,2H3;1-2H3;/q;;;;-1;;+1/b14-11+,17-7+,19-9?;15-8+;;;;;. The third-order valence-electron chi connectivity index (χ3n) is 15.2. The number of aromatic nitrogens is 1. The molecule has 4 rings (SSSR count). The van der Waals surface area contributed by atoms with Gasteiger partial charge in [-0.2, -0.15) is 6.42 Å². The van der Waals surface area contributed by atoms with E-state index in [-0.39, 0.29) is 86.4 Å². The van der Waals surface area contributed by atoms with Gasteiger partial charge in [0.05, 0.1) is 17.7 Å². The van der Waals surface area contributed by atoms with Crippen molar-refractivity contribution in [3.8, 4) is 0 Å². The van der Waals surface area contributed by atoms with Gasteiger partial charge in [0.2, 0.25) is 0 Å². The molecule has 0 amide bonds. The summed E-state index contributed by atoms with van der Waals surface area (Å²) in [5.41, 5.74) is 18.2. The van der Waals surface area contributed by atoms with Crippen molar-refractivity contribution in [1.29, 1.82) is 0 Å². The third kappa shape index (κ3) is 30.0. The number of hydrogen-bond donors (Lipinski definition) is 2. The average molecular weight is 1160 g/mol. The van der Waals surface area contributed by atoms with Crippen LogP contribution in [0, 0.1) is 45.4 Å². The molecule has 0 radical (unpaired) electrons. The Hall–Kier alpha value is -3.61. The van der Waals surface area contributed by atoms with Crippen LogP contribution in [0.2, 0.25) is 0 Å². The van der Waals surface area contributed by atoms with E-state index in [1.54, 1.807) is 57.1 Å². The summed E-state index contributed by atoms with van der Waals surface area (Å²) in [4.78, 5) is 52.7. The molecule has 0 aliphatic heterocycles. The van der Waals surface area contributed by atoms with Crippen molar-refractivity contribution in [1.82, 2.24) is 9.47 Å². The maximum Gasteiger partial charge on any atom is 1.00 e. The smallest absolute Gasteiger partial charge is 0.388 e. The molecule has 9 nitrogen and oxygen atoms in total. The van der Waals surface area contributed by atoms with E-state index in [0.717, 1.165) is 73.0 Å². The summed E-state index contributed by atoms with van der Waals surface area (Å²) < 4.78 is 1.58. The zero-order valence-corrected chi connectivity index (χ0v) is 59.6. The van der Waals surface area contributed by atoms with Crippen LogP contribution in [0.5, 0.6) is 0 Å². The maximum atomic E-state index is 12.3. The summed E-state index contributed by atoms with van der Waals surface area (Å²) in [7, 11) is 3.48. The number of nitrogens with one attached hydrogen (secondary N) is 1. The van der Waals surface area contributed by atoms with Crippen LogP contribution in [0.4, 0.5) is 5.69 Å². The number of benzene rings is 2. The number of carbonyl (C=O) groups is 3. The number of nitrogens with two attached hydrogens (primary N) is 1. The maximum absolute atomic E-state index is 12.3. The molecule has 1 aliphatic rings. The molecule has 2 aromatic carbocycles. The van der Waals surface area contributed by atoms with Crippen LogP contribution >= 0.6 is 0 Å². The van der Waals surface area contributed by atoms with Crippen molar-refractivity contribution in [2.75, 3.05) is 39.0 Å². The number of allylic oxidation sites excluding steroid dienone is 7. The van der Waals surface area contributed by atoms with Crippen molar-refractivity contribution < 1.29 is 65.8 Å². The SMILES string of the molecule is C=C(/C=C(\C)C(C)C)/C(=C\C=NC)n1ccc(NC)cc1=O.CC.CC/C=C(\CCC)c1c(C)cc(C(C)=O)cc1C.CCCC(CCC)CN(CCC)C(C)CC.CCc1ccc(C)c(C2(C(C)=O)CC2)c1.[CH2-]CC(C)C(=O)CN.[K+]. The predicted molar refractivity (Wildman–Crippen MR) is 357 cm³/mol. The molecule has 3 N–H and O–H groups in total. The second-order valence-electron chi connectivity index (χ2n) is 22.0. The number of nitrogens with zero attached hydrogens (tertiary/aromatic N) is 3. The van der Waals surface area contributed by atoms with E-state index in [1.165, 1.54) is 96.1 Å². The van der Waals surface area contributed by atoms with Gasteiger partial charge in [0.25, 0.3) is 5.56 Å². The monoisotopic (exact) mass is 1160 g/mol. The van der Waals surface area contributed by atoms with E-state index in [2.05, 4.69) is 150 Å². The van der Waals surface area contributed by atoms with Crippen molar-refractivity contribution in [2.24, 2.45) is 28.5 Å². The first kappa shape index (κ1) is 82.6. The molecule has 10 heteroatoms. The minimum absolute atomic E-state index is 0. The first-order valence-corrected chi connectivity index (χ1v) is 31.0. The molecule has 1 fully saturated rings. The molecule has 2 unspecified atom stereocenters. The second kappa shape index (κ2) is 46.6. The van der Waals surface area contributed by atoms with Crippen LogP contribution in [-0.2, 0) is 21.4 Å². The first-order valence-electron chi connectivity index (χ1n) is 31.0. The Bertz CT molecular complexity index is 2480. The number of pyridine rings is 1. The van der Waals surface area contributed by atoms with Gasteiger partial charge in [-0.05, 0) is 199 Å². The van der Waals surface area contributed by atoms with Gasteiger partial charge in [0.15, 0.2) is 5.78 Å². The summed E-state index contributed by atoms with van der Waals surface area (Å²) in [6, 6.07) is 14.7. The minimum Gasteiger partial charge on any atom is -0.388 e. The normalized spacial score (nSPS) is 13.3. The Labute approximate surface area is 545 Å². The fourth-order valence-corrected chi connectivity index (χ4v) is 9.57. The van der Waals surface area contributed by atoms with Gasteiger partial charge in [0, 0.05) is 56.4 Å². The van der Waals surface area contributed by atoms with Crippen LogP contribution < -0.4 is 68.0 Å². The second-order valence-corrected chi connectivity index (χ2v) is 22.0. The molecule has 456 valence electrons. The van der Waals surface area contributed by atoms with Gasteiger partial charge in [-0.25, -0.2) is 0 Å². The van der Waals surface area contributed by atoms with Crippen molar-refractivity contribution in [3.63, 3.8) is 0 Å². The Balaban J connectivity index is -0.000000965. The molecule has 1 saturated carbocycles. The quantitative estimate of drug-likeness (QED) is 0.0256. The number of hydrogen-bond acceptors (Lipinski definition) is 8. The fourth-order valence-electron chi connectivity index (χ4n) is 9.57. The van der Waals surface area contributed by atoms with Crippen molar-refractivity contribution in [3.05, 3.63) is 141 Å². The first-order chi connectivity index (χ1) is 38.4. The summed E-state index contributed by atoms with van der Waals surface area (Å²) in [6.45, 7) is 50.4. The van der Waals surface area contributed by atoms with Crippen LogP contribution in [0.3, 0.4) is 0 Å². The molecular formula is C72H118KN5O4. The molecule has 1 heterocycles. The summed E-state index contributed by atoms with van der Waals surface area (Å²) in [5.74, 6) is 1.97. The van der Waals surface area contributed by atoms with Crippen LogP contribution in [0.1, 0.15) is 232 Å². The van der Waals surface area contributed by atoms with Gasteiger partial charge in [0.1, 0.15) is 11.6 Å². The largest absolute Gasteiger partial charge is 1.00 e. The fraction of sp³-hybridized carbons (Fsp3) is 0.583. The van der Waals surface area contributed by atoms with Gasteiger partial charge in [-0.15, -0.1) is 0 Å². The molecule has 3 aromatic rings. The van der Waals surface area contributed by atoms with E-state index in [1.807, 2.05) is 45.0 Å². The molecule has 0 saturated heterocycles. The van der Waals surface area contributed by atoms with Gasteiger partial charge in [-0.1, -0.05) is 145 Å². The molecule has 2 atom stereocenters. The van der Waals surface area contributed by atoms with Crippen LogP contribution in [0.15, 0.2) is 94.4 Å². The Morgan fingerprint density at radius 3 is 1.84 bits per heavy atom. The summed E-state index contributed by atoms with van der Waals surface area (Å²) in [5, 5.41) is 2.96. The Morgan fingerprint density at radius 1 is 0.866 bits per heavy atom. The third-order valence-corrected chi connectivity index (χ3v) is 15.2. The minimum atomic E-state index is -0.116. The van der Waals surface area contributed by atoms with E-state index in [9.17, 15) is 19.2 Å². The van der Waals surface area contributed by atoms with E-state index in [4.69, 9.17) is 5.73 Å². The van der Waals surface area contributed by atoms with Crippen LogP contribution in [0.25, 0.3) is 11.3 Å². The number of carbonyl (C=O) groups excluding carboxylic acids is 3. The molecular weight excluding hydrogens is 1040 g/mol. The van der Waals surface area contributed by atoms with Crippen molar-refractivity contribution in [2.45, 2.75) is 226 Å². The number of aliphatic imine (C=N–C) groups is 1. The number of anilines is 1. The molecule has 82 heavy (non-hydrogen) atoms. The zero-order chi connectivity index (χ0) is 62.4. The Morgan fingerprint density at radius 2 is 1.45 bits per heavy atom. The molecule has 0 spiro atoms. The van der Waals surface area contributed by atoms with E-state index in [0.29, 0.717) is 18.1 Å². The average Bonchev–Trinajstić information content (AvgIpc) is 4.28. The van der Waals surface area contributed by atoms with E-state index >= 15 is 0 Å². The molecule has 1 aromatic heterocycles. The number of ketones is 3. The van der Waals surface area contributed by atoms with Gasteiger partial charge < -0.3 is 22.9 Å². The van der Waals surface area contributed by atoms with Gasteiger partial charge >= 0.3 is 51.4 Å². The Kier molecular flexibility index (Phi) is 47.0. The zero-order valence-electron chi connectivity index (χ0n) is 56.5. The molecule has 1 aliphatic carbocycles. The van der Waals surface area contributed by atoms with Crippen LogP contribution in [-0.4, -0.2) is 72.8 Å². The topological polar surface area (TPSA) is 127 Å². The molecule has 0 bridgehead atoms. The van der Waals surface area contributed by atoms with Gasteiger partial charge in [-0.3, -0.25) is 28.7 Å². The summed E-state index contributed by atoms with van der Waals surface area (Å²) in [6.07, 6.45) is 24.7.